The normalized spacial score (nSPS) is 12.6. The Labute approximate surface area is 232 Å². The second-order valence-corrected chi connectivity index (χ2v) is 14.7. The zero-order valence-corrected chi connectivity index (χ0v) is 25.1. The average Bonchev–Trinajstić information content (AvgIpc) is 2.84. The molecule has 0 saturated heterocycles. The van der Waals surface area contributed by atoms with Gasteiger partial charge in [0, 0.05) is 5.69 Å². The van der Waals surface area contributed by atoms with Gasteiger partial charge in [0.1, 0.15) is 0 Å². The number of unbranched alkanes of at least 4 members (excludes halogenated alkanes) is 9. The number of allylic oxidation sites excluding steroid dienone is 1. The molecule has 0 unspecified atom stereocenters. The number of nitrogen functional groups attached to an aromatic ring is 1. The zero-order chi connectivity index (χ0) is 28.7. The molecule has 2 aromatic rings. The van der Waals surface area contributed by atoms with Crippen LogP contribution in [0.25, 0.3) is 0 Å². The fraction of sp³-hybridized carbons (Fsp3) is 0.462. The van der Waals surface area contributed by atoms with Crippen LogP contribution in [0.4, 0.5) is 5.69 Å². The van der Waals surface area contributed by atoms with Crippen molar-refractivity contribution in [3.8, 4) is 0 Å². The van der Waals surface area contributed by atoms with E-state index in [0.29, 0.717) is 12.1 Å². The molecule has 0 radical (unpaired) electrons. The number of hydrogen-bond donors (Lipinski definition) is 5. The molecule has 0 heterocycles. The Kier molecular flexibility index (Phi) is 15.6. The molecule has 0 aromatic heterocycles. The summed E-state index contributed by atoms with van der Waals surface area (Å²) < 4.78 is 81.8. The molecule has 0 fully saturated rings. The Balaban J connectivity index is 0.00000132. The molecule has 2 rings (SSSR count). The van der Waals surface area contributed by atoms with Crippen LogP contribution in [-0.2, 0) is 37.8 Å². The molecule has 0 aliphatic rings. The van der Waals surface area contributed by atoms with Crippen molar-refractivity contribution >= 4 is 25.4 Å². The van der Waals surface area contributed by atoms with Crippen molar-refractivity contribution in [2.45, 2.75) is 87.3 Å². The van der Waals surface area contributed by atoms with Gasteiger partial charge in [0.15, 0.2) is 0 Å². The van der Waals surface area contributed by atoms with E-state index in [4.69, 9.17) is 20.5 Å². The van der Waals surface area contributed by atoms with Crippen molar-refractivity contribution in [3.05, 3.63) is 64.9 Å². The van der Waals surface area contributed by atoms with E-state index < -0.39 is 37.8 Å². The summed E-state index contributed by atoms with van der Waals surface area (Å²) in [6.45, 7) is 2.21. The van der Waals surface area contributed by atoms with Gasteiger partial charge in [-0.1, -0.05) is 82.9 Å². The minimum atomic E-state index is -5.00. The van der Waals surface area contributed by atoms with E-state index in [9.17, 15) is 16.8 Å². The molecule has 0 atom stereocenters. The summed E-state index contributed by atoms with van der Waals surface area (Å²) >= 11 is -5.00. The molecule has 0 bridgehead atoms. The van der Waals surface area contributed by atoms with Gasteiger partial charge >= 0.3 is 32.9 Å². The molecule has 0 amide bonds. The Morgan fingerprint density at radius 1 is 0.711 bits per heavy atom. The van der Waals surface area contributed by atoms with E-state index in [2.05, 4.69) is 6.92 Å². The van der Waals surface area contributed by atoms with Crippen molar-refractivity contribution in [1.29, 1.82) is 0 Å². The maximum absolute atomic E-state index is 13.3. The van der Waals surface area contributed by atoms with E-state index in [1.54, 1.807) is 18.2 Å². The van der Waals surface area contributed by atoms with E-state index in [1.165, 1.54) is 74.9 Å². The van der Waals surface area contributed by atoms with Crippen LogP contribution in [0, 0.1) is 0 Å². The second-order valence-electron chi connectivity index (χ2n) is 9.05. The summed E-state index contributed by atoms with van der Waals surface area (Å²) in [4.78, 5) is 0.0621. The predicted molar refractivity (Wildman–Crippen MR) is 145 cm³/mol. The minimum absolute atomic E-state index is 0.0540. The average molecular weight is 608 g/mol. The SMILES string of the molecule is CCCCCCCCCCCC/C(=C/S(=O)(=O)c1ccccc1)S(=O)(=O)c1ccc(N)cc1.[OH][Ti]([OH])([OH])[OH]. The number of rotatable bonds is 15. The quantitative estimate of drug-likeness (QED) is 0.111. The van der Waals surface area contributed by atoms with Gasteiger partial charge in [0.05, 0.1) is 20.1 Å². The summed E-state index contributed by atoms with van der Waals surface area (Å²) in [6, 6.07) is 13.8. The molecule has 0 saturated carbocycles. The van der Waals surface area contributed by atoms with Gasteiger partial charge in [0.25, 0.3) is 0 Å². The number of nitrogens with two attached hydrogens (primary N) is 1. The van der Waals surface area contributed by atoms with Gasteiger partial charge in [-0.2, -0.15) is 0 Å². The topological polar surface area (TPSA) is 175 Å². The van der Waals surface area contributed by atoms with Crippen molar-refractivity contribution in [2.24, 2.45) is 0 Å². The van der Waals surface area contributed by atoms with Gasteiger partial charge in [-0.25, -0.2) is 16.8 Å². The summed E-state index contributed by atoms with van der Waals surface area (Å²) in [5.41, 5.74) is 6.14. The van der Waals surface area contributed by atoms with Crippen LogP contribution in [0.1, 0.15) is 77.6 Å². The van der Waals surface area contributed by atoms with Crippen LogP contribution in [0.15, 0.2) is 74.7 Å². The molecule has 2 aromatic carbocycles. The maximum atomic E-state index is 13.3. The third-order valence-electron chi connectivity index (χ3n) is 5.67. The van der Waals surface area contributed by atoms with E-state index >= 15 is 0 Å². The Morgan fingerprint density at radius 2 is 1.16 bits per heavy atom. The molecule has 0 aliphatic heterocycles. The Morgan fingerprint density at radius 3 is 1.63 bits per heavy atom. The van der Waals surface area contributed by atoms with E-state index in [-0.39, 0.29) is 21.1 Å². The Bertz CT molecular complexity index is 1170. The first-order valence-electron chi connectivity index (χ1n) is 12.8. The molecule has 12 heteroatoms. The fourth-order valence-electron chi connectivity index (χ4n) is 3.69. The van der Waals surface area contributed by atoms with Crippen LogP contribution in [0.2, 0.25) is 0 Å². The standard InChI is InChI=1S/C26H37NO4S2.4H2O.Ti/c1-2-3-4-5-6-7-8-9-10-12-17-26(22-32(28,29)24-15-13-11-14-16-24)33(30,31)25-20-18-23(27)19-21-25;;;;;/h11,13-16,18-22H,2-10,12,17,27H2,1H3;4*1H2;/q;;;;;+4/p-4/b26-22-;;;;;. The first-order valence-corrected chi connectivity index (χ1v) is 18.6. The number of hydrogen-bond acceptors (Lipinski definition) is 9. The molecule has 6 N–H and O–H groups in total. The summed E-state index contributed by atoms with van der Waals surface area (Å²) in [7, 11) is -7.83. The fourth-order valence-corrected chi connectivity index (χ4v) is 6.93. The number of anilines is 1. The van der Waals surface area contributed by atoms with Gasteiger partial charge in [0.2, 0.25) is 19.7 Å². The van der Waals surface area contributed by atoms with E-state index in [1.807, 2.05) is 0 Å². The number of benzene rings is 2. The summed E-state index contributed by atoms with van der Waals surface area (Å²) in [5, 5.41) is 0.932. The summed E-state index contributed by atoms with van der Waals surface area (Å²) in [5.74, 6) is 0. The second kappa shape index (κ2) is 17.2. The molecular weight excluding hydrogens is 566 g/mol. The van der Waals surface area contributed by atoms with Gasteiger partial charge in [-0.15, -0.1) is 0 Å². The van der Waals surface area contributed by atoms with Gasteiger partial charge < -0.3 is 5.73 Å². The van der Waals surface area contributed by atoms with Crippen LogP contribution < -0.4 is 5.73 Å². The molecular formula is C26H41NO8S2Ti. The van der Waals surface area contributed by atoms with Crippen molar-refractivity contribution in [3.63, 3.8) is 0 Å². The summed E-state index contributed by atoms with van der Waals surface area (Å²) in [6.07, 6.45) is 11.4. The molecule has 9 nitrogen and oxygen atoms in total. The third kappa shape index (κ3) is 14.6. The molecule has 38 heavy (non-hydrogen) atoms. The zero-order valence-electron chi connectivity index (χ0n) is 21.9. The van der Waals surface area contributed by atoms with Crippen LogP contribution >= 0.6 is 0 Å². The van der Waals surface area contributed by atoms with Crippen LogP contribution in [0.5, 0.6) is 0 Å². The van der Waals surface area contributed by atoms with Crippen LogP contribution in [0.3, 0.4) is 0 Å². The van der Waals surface area contributed by atoms with Crippen LogP contribution in [-0.4, -0.2) is 31.6 Å². The first kappa shape index (κ1) is 34.5. The van der Waals surface area contributed by atoms with Crippen molar-refractivity contribution in [1.82, 2.24) is 0 Å². The number of sulfone groups is 2. The van der Waals surface area contributed by atoms with Gasteiger partial charge in [-0.05, 0) is 49.2 Å². The van der Waals surface area contributed by atoms with E-state index in [0.717, 1.165) is 24.7 Å². The molecule has 0 aliphatic carbocycles. The third-order valence-corrected chi connectivity index (χ3v) is 9.25. The van der Waals surface area contributed by atoms with Crippen molar-refractivity contribution in [2.75, 3.05) is 5.73 Å². The van der Waals surface area contributed by atoms with Gasteiger partial charge in [-0.3, -0.25) is 0 Å². The Hall–Kier alpha value is -1.57. The first-order chi connectivity index (χ1) is 17.8. The predicted octanol–water partition coefficient (Wildman–Crippen LogP) is 4.44. The molecule has 214 valence electrons. The monoisotopic (exact) mass is 607 g/mol. The molecule has 0 spiro atoms. The van der Waals surface area contributed by atoms with Crippen molar-refractivity contribution < 1.29 is 49.7 Å².